The van der Waals surface area contributed by atoms with Crippen molar-refractivity contribution in [3.63, 3.8) is 0 Å². The molecule has 0 spiro atoms. The van der Waals surface area contributed by atoms with Crippen LogP contribution in [0, 0.1) is 5.92 Å². The van der Waals surface area contributed by atoms with Crippen LogP contribution < -0.4 is 15.4 Å². The molecular weight excluding hydrogens is 392 g/mol. The molecule has 156 valence electrons. The summed E-state index contributed by atoms with van der Waals surface area (Å²) in [6.45, 7) is 0. The van der Waals surface area contributed by atoms with Gasteiger partial charge in [0.05, 0.1) is 0 Å². The second kappa shape index (κ2) is 9.26. The summed E-state index contributed by atoms with van der Waals surface area (Å²) in [5.74, 6) is -1.58. The second-order valence-corrected chi connectivity index (χ2v) is 7.43. The Bertz CT molecular complexity index is 1050. The highest BCUT2D eigenvalue weighted by atomic mass is 16.5. The first kappa shape index (κ1) is 20.3. The van der Waals surface area contributed by atoms with Crippen LogP contribution in [0.2, 0.25) is 0 Å². The van der Waals surface area contributed by atoms with Crippen molar-refractivity contribution in [2.75, 3.05) is 5.32 Å². The highest BCUT2D eigenvalue weighted by molar-refractivity contribution is 6.22. The van der Waals surface area contributed by atoms with Crippen molar-refractivity contribution in [1.29, 1.82) is 0 Å². The standard InChI is InChI=1S/C25H22N2O4/c28-22-16-19(15-17-7-3-1-4-8-17)27-25(30)23(22)24(29)26-18-11-13-21(14-12-18)31-20-9-5-2-6-10-20/h1-14,19,23H,15-16H2,(H,26,29)(H,27,30). The summed E-state index contributed by atoms with van der Waals surface area (Å²) in [5.41, 5.74) is 1.51. The number of carbonyl (C=O) groups is 3. The highest BCUT2D eigenvalue weighted by Gasteiger charge is 2.40. The molecule has 1 saturated heterocycles. The highest BCUT2D eigenvalue weighted by Crippen LogP contribution is 2.23. The first-order valence-electron chi connectivity index (χ1n) is 10.1. The van der Waals surface area contributed by atoms with Gasteiger partial charge < -0.3 is 15.4 Å². The second-order valence-electron chi connectivity index (χ2n) is 7.43. The first-order valence-corrected chi connectivity index (χ1v) is 10.1. The van der Waals surface area contributed by atoms with Gasteiger partial charge in [-0.15, -0.1) is 0 Å². The minimum atomic E-state index is -1.34. The molecule has 1 aliphatic heterocycles. The van der Waals surface area contributed by atoms with E-state index in [0.29, 0.717) is 23.6 Å². The van der Waals surface area contributed by atoms with Crippen LogP contribution in [-0.4, -0.2) is 23.6 Å². The Balaban J connectivity index is 1.35. The molecule has 2 amide bonds. The summed E-state index contributed by atoms with van der Waals surface area (Å²) in [4.78, 5) is 37.6. The number of hydrogen-bond donors (Lipinski definition) is 2. The summed E-state index contributed by atoms with van der Waals surface area (Å²) >= 11 is 0. The van der Waals surface area contributed by atoms with E-state index in [1.165, 1.54) is 0 Å². The fourth-order valence-corrected chi connectivity index (χ4v) is 3.57. The number of piperidine rings is 1. The van der Waals surface area contributed by atoms with E-state index < -0.39 is 17.7 Å². The number of benzene rings is 3. The topological polar surface area (TPSA) is 84.5 Å². The van der Waals surface area contributed by atoms with Crippen molar-refractivity contribution < 1.29 is 19.1 Å². The van der Waals surface area contributed by atoms with Gasteiger partial charge in [-0.2, -0.15) is 0 Å². The van der Waals surface area contributed by atoms with Gasteiger partial charge in [0.1, 0.15) is 11.5 Å². The molecule has 1 aliphatic rings. The van der Waals surface area contributed by atoms with E-state index in [1.54, 1.807) is 24.3 Å². The third-order valence-corrected chi connectivity index (χ3v) is 5.07. The van der Waals surface area contributed by atoms with Crippen LogP contribution in [0.5, 0.6) is 11.5 Å². The third kappa shape index (κ3) is 5.17. The van der Waals surface area contributed by atoms with Crippen LogP contribution in [0.25, 0.3) is 0 Å². The van der Waals surface area contributed by atoms with Crippen LogP contribution in [-0.2, 0) is 20.8 Å². The maximum absolute atomic E-state index is 12.6. The molecule has 0 aromatic heterocycles. The summed E-state index contributed by atoms with van der Waals surface area (Å²) < 4.78 is 5.72. The molecular formula is C25H22N2O4. The van der Waals surface area contributed by atoms with Crippen LogP contribution in [0.15, 0.2) is 84.9 Å². The van der Waals surface area contributed by atoms with E-state index in [0.717, 1.165) is 5.56 Å². The molecule has 1 heterocycles. The molecule has 1 fully saturated rings. The Hall–Kier alpha value is -3.93. The summed E-state index contributed by atoms with van der Waals surface area (Å²) in [7, 11) is 0. The number of amides is 2. The van der Waals surface area contributed by atoms with Crippen LogP contribution in [0.3, 0.4) is 0 Å². The molecule has 4 rings (SSSR count). The van der Waals surface area contributed by atoms with Crippen LogP contribution in [0.4, 0.5) is 5.69 Å². The number of ketones is 1. The lowest BCUT2D eigenvalue weighted by Gasteiger charge is -2.27. The molecule has 3 aromatic carbocycles. The first-order chi connectivity index (χ1) is 15.1. The Morgan fingerprint density at radius 2 is 1.48 bits per heavy atom. The van der Waals surface area contributed by atoms with Crippen LogP contribution in [0.1, 0.15) is 12.0 Å². The molecule has 0 aliphatic carbocycles. The number of nitrogens with one attached hydrogen (secondary N) is 2. The Morgan fingerprint density at radius 3 is 2.13 bits per heavy atom. The monoisotopic (exact) mass is 414 g/mol. The SMILES string of the molecule is O=C1CC(Cc2ccccc2)NC(=O)C1C(=O)Nc1ccc(Oc2ccccc2)cc1. The molecule has 2 atom stereocenters. The zero-order valence-electron chi connectivity index (χ0n) is 16.8. The maximum atomic E-state index is 12.6. The molecule has 6 nitrogen and oxygen atoms in total. The largest absolute Gasteiger partial charge is 0.457 e. The number of Topliss-reactive ketones (excluding diaryl/α,β-unsaturated/α-hetero) is 1. The zero-order chi connectivity index (χ0) is 21.6. The summed E-state index contributed by atoms with van der Waals surface area (Å²) in [6, 6.07) is 25.4. The van der Waals surface area contributed by atoms with E-state index in [2.05, 4.69) is 10.6 Å². The van der Waals surface area contributed by atoms with Crippen molar-refractivity contribution >= 4 is 23.3 Å². The molecule has 31 heavy (non-hydrogen) atoms. The lowest BCUT2D eigenvalue weighted by atomic mass is 9.89. The van der Waals surface area contributed by atoms with Gasteiger partial charge in [0.25, 0.3) is 0 Å². The van der Waals surface area contributed by atoms with Gasteiger partial charge in [-0.3, -0.25) is 14.4 Å². The van der Waals surface area contributed by atoms with E-state index in [9.17, 15) is 14.4 Å². The van der Waals surface area contributed by atoms with E-state index in [-0.39, 0.29) is 18.2 Å². The third-order valence-electron chi connectivity index (χ3n) is 5.07. The van der Waals surface area contributed by atoms with Crippen molar-refractivity contribution in [3.05, 3.63) is 90.5 Å². The normalized spacial score (nSPS) is 18.2. The predicted octanol–water partition coefficient (Wildman–Crippen LogP) is 3.73. The van der Waals surface area contributed by atoms with E-state index >= 15 is 0 Å². The molecule has 6 heteroatoms. The van der Waals surface area contributed by atoms with Gasteiger partial charge in [-0.1, -0.05) is 48.5 Å². The fraction of sp³-hybridized carbons (Fsp3) is 0.160. The number of para-hydroxylation sites is 1. The molecule has 0 bridgehead atoms. The van der Waals surface area contributed by atoms with Crippen molar-refractivity contribution in [2.24, 2.45) is 5.92 Å². The fourth-order valence-electron chi connectivity index (χ4n) is 3.57. The number of rotatable bonds is 6. The Labute approximate surface area is 180 Å². The van der Waals surface area contributed by atoms with Gasteiger partial charge in [0, 0.05) is 18.2 Å². The molecule has 2 N–H and O–H groups in total. The summed E-state index contributed by atoms with van der Waals surface area (Å²) in [5, 5.41) is 5.46. The molecule has 0 saturated carbocycles. The minimum Gasteiger partial charge on any atom is -0.457 e. The number of hydrogen-bond acceptors (Lipinski definition) is 4. The van der Waals surface area contributed by atoms with Gasteiger partial charge in [-0.05, 0) is 48.4 Å². The zero-order valence-corrected chi connectivity index (χ0v) is 16.8. The summed E-state index contributed by atoms with van der Waals surface area (Å²) in [6.07, 6.45) is 0.679. The van der Waals surface area contributed by atoms with Crippen LogP contribution >= 0.6 is 0 Å². The molecule has 3 aromatic rings. The quantitative estimate of drug-likeness (QED) is 0.602. The number of carbonyl (C=O) groups excluding carboxylic acids is 3. The van der Waals surface area contributed by atoms with E-state index in [4.69, 9.17) is 4.74 Å². The average Bonchev–Trinajstić information content (AvgIpc) is 2.76. The van der Waals surface area contributed by atoms with Crippen molar-refractivity contribution in [1.82, 2.24) is 5.32 Å². The van der Waals surface area contributed by atoms with Gasteiger partial charge in [0.15, 0.2) is 11.7 Å². The number of ether oxygens (including phenoxy) is 1. The maximum Gasteiger partial charge on any atom is 0.244 e. The molecule has 2 unspecified atom stereocenters. The Morgan fingerprint density at radius 1 is 0.871 bits per heavy atom. The Kier molecular flexibility index (Phi) is 6.08. The van der Waals surface area contributed by atoms with Gasteiger partial charge in [0.2, 0.25) is 11.8 Å². The average molecular weight is 414 g/mol. The number of anilines is 1. The van der Waals surface area contributed by atoms with Gasteiger partial charge >= 0.3 is 0 Å². The minimum absolute atomic E-state index is 0.128. The van der Waals surface area contributed by atoms with Crippen molar-refractivity contribution in [3.8, 4) is 11.5 Å². The van der Waals surface area contributed by atoms with Crippen molar-refractivity contribution in [2.45, 2.75) is 18.9 Å². The molecule has 0 radical (unpaired) electrons. The lowest BCUT2D eigenvalue weighted by Crippen LogP contribution is -2.53. The van der Waals surface area contributed by atoms with E-state index in [1.807, 2.05) is 60.7 Å². The lowest BCUT2D eigenvalue weighted by molar-refractivity contribution is -0.143. The predicted molar refractivity (Wildman–Crippen MR) is 117 cm³/mol. The smallest absolute Gasteiger partial charge is 0.244 e. The van der Waals surface area contributed by atoms with Gasteiger partial charge in [-0.25, -0.2) is 0 Å².